The second kappa shape index (κ2) is 6.94. The van der Waals surface area contributed by atoms with E-state index in [9.17, 15) is 9.59 Å². The van der Waals surface area contributed by atoms with Crippen LogP contribution in [0.1, 0.15) is 10.5 Å². The van der Waals surface area contributed by atoms with Crippen LogP contribution in [0, 0.1) is 0 Å². The molecule has 0 fully saturated rings. The van der Waals surface area contributed by atoms with Gasteiger partial charge in [-0.1, -0.05) is 30.0 Å². The fourth-order valence-electron chi connectivity index (χ4n) is 1.78. The fraction of sp³-hybridized carbons (Fsp3) is 0.214. The number of benzene rings is 1. The van der Waals surface area contributed by atoms with Crippen LogP contribution in [0.3, 0.4) is 0 Å². The highest BCUT2D eigenvalue weighted by Crippen LogP contribution is 2.21. The summed E-state index contributed by atoms with van der Waals surface area (Å²) in [5.74, 6) is -0.878. The molecule has 7 heteroatoms. The molecule has 21 heavy (non-hydrogen) atoms. The van der Waals surface area contributed by atoms with Gasteiger partial charge in [0.25, 0.3) is 5.91 Å². The zero-order valence-corrected chi connectivity index (χ0v) is 12.5. The molecule has 1 aromatic carbocycles. The topological polar surface area (TPSA) is 73.2 Å². The summed E-state index contributed by atoms with van der Waals surface area (Å²) in [6.07, 6.45) is 3.38. The van der Waals surface area contributed by atoms with E-state index in [1.54, 1.807) is 4.57 Å². The van der Waals surface area contributed by atoms with E-state index in [0.717, 1.165) is 5.69 Å². The Kier molecular flexibility index (Phi) is 4.99. The Hall–Kier alpha value is -2.28. The third kappa shape index (κ3) is 3.43. The number of aromatic nitrogens is 2. The van der Waals surface area contributed by atoms with Gasteiger partial charge in [0, 0.05) is 5.69 Å². The van der Waals surface area contributed by atoms with Gasteiger partial charge in [0.15, 0.2) is 5.16 Å². The molecule has 110 valence electrons. The van der Waals surface area contributed by atoms with Gasteiger partial charge >= 0.3 is 5.97 Å². The summed E-state index contributed by atoms with van der Waals surface area (Å²) >= 11 is 1.44. The van der Waals surface area contributed by atoms with Crippen molar-refractivity contribution in [3.8, 4) is 5.69 Å². The first-order valence-corrected chi connectivity index (χ1v) is 7.42. The van der Waals surface area contributed by atoms with Crippen LogP contribution in [0.25, 0.3) is 5.69 Å². The van der Waals surface area contributed by atoms with Gasteiger partial charge in [-0.2, -0.15) is 0 Å². The summed E-state index contributed by atoms with van der Waals surface area (Å²) in [5.41, 5.74) is 1.21. The monoisotopic (exact) mass is 305 g/mol. The number of ether oxygens (including phenoxy) is 1. The Bertz CT molecular complexity index is 640. The lowest BCUT2D eigenvalue weighted by atomic mass is 10.3. The normalized spacial score (nSPS) is 10.2. The third-order valence-corrected chi connectivity index (χ3v) is 3.43. The van der Waals surface area contributed by atoms with Crippen LogP contribution in [0.4, 0.5) is 0 Å². The van der Waals surface area contributed by atoms with Crippen molar-refractivity contribution >= 4 is 23.6 Å². The summed E-state index contributed by atoms with van der Waals surface area (Å²) in [6.45, 7) is -0.177. The number of carbonyl (C=O) groups is 2. The minimum atomic E-state index is -0.501. The highest BCUT2D eigenvalue weighted by molar-refractivity contribution is 7.98. The Morgan fingerprint density at radius 1 is 1.33 bits per heavy atom. The van der Waals surface area contributed by atoms with Crippen LogP contribution in [-0.4, -0.2) is 41.3 Å². The molecule has 0 radical (unpaired) electrons. The standard InChI is InChI=1S/C14H15N3O3S/c1-20-12(18)9-15-13(19)11-8-16-14(21-2)17(11)10-6-4-3-5-7-10/h3-8H,9H2,1-2H3,(H,15,19). The molecule has 0 aliphatic heterocycles. The number of thioether (sulfide) groups is 1. The van der Waals surface area contributed by atoms with Crippen molar-refractivity contribution in [2.45, 2.75) is 5.16 Å². The molecule has 2 rings (SSSR count). The van der Waals surface area contributed by atoms with Crippen LogP contribution >= 0.6 is 11.8 Å². The van der Waals surface area contributed by atoms with Crippen molar-refractivity contribution < 1.29 is 14.3 Å². The number of imidazole rings is 1. The minimum absolute atomic E-state index is 0.177. The smallest absolute Gasteiger partial charge is 0.325 e. The van der Waals surface area contributed by atoms with Crippen molar-refractivity contribution in [3.05, 3.63) is 42.2 Å². The molecule has 0 bridgehead atoms. The number of esters is 1. The van der Waals surface area contributed by atoms with E-state index < -0.39 is 5.97 Å². The van der Waals surface area contributed by atoms with Crippen LogP contribution < -0.4 is 5.32 Å². The second-order valence-electron chi connectivity index (χ2n) is 4.06. The van der Waals surface area contributed by atoms with Gasteiger partial charge in [0.05, 0.1) is 13.3 Å². The highest BCUT2D eigenvalue weighted by atomic mass is 32.2. The zero-order valence-electron chi connectivity index (χ0n) is 11.7. The molecular weight excluding hydrogens is 290 g/mol. The zero-order chi connectivity index (χ0) is 15.2. The lowest BCUT2D eigenvalue weighted by Gasteiger charge is -2.10. The van der Waals surface area contributed by atoms with Crippen LogP contribution in [0.5, 0.6) is 0 Å². The Morgan fingerprint density at radius 3 is 2.67 bits per heavy atom. The molecule has 6 nitrogen and oxygen atoms in total. The van der Waals surface area contributed by atoms with Crippen molar-refractivity contribution in [2.75, 3.05) is 19.9 Å². The number of nitrogens with one attached hydrogen (secondary N) is 1. The van der Waals surface area contributed by atoms with Gasteiger partial charge in [-0.15, -0.1) is 0 Å². The quantitative estimate of drug-likeness (QED) is 0.669. The molecule has 0 saturated carbocycles. The number of hydrogen-bond donors (Lipinski definition) is 1. The van der Waals surface area contributed by atoms with Crippen molar-refractivity contribution in [2.24, 2.45) is 0 Å². The highest BCUT2D eigenvalue weighted by Gasteiger charge is 2.18. The van der Waals surface area contributed by atoms with E-state index in [2.05, 4.69) is 15.0 Å². The summed E-state index contributed by atoms with van der Waals surface area (Å²) in [7, 11) is 1.27. The van der Waals surface area contributed by atoms with E-state index in [-0.39, 0.29) is 12.5 Å². The molecule has 0 atom stereocenters. The van der Waals surface area contributed by atoms with Crippen LogP contribution in [0.15, 0.2) is 41.7 Å². The maximum absolute atomic E-state index is 12.2. The summed E-state index contributed by atoms with van der Waals surface area (Å²) in [5, 5.41) is 3.21. The van der Waals surface area contributed by atoms with Gasteiger partial charge in [-0.25, -0.2) is 4.98 Å². The first kappa shape index (κ1) is 15.1. The maximum Gasteiger partial charge on any atom is 0.325 e. The molecule has 1 aromatic heterocycles. The van der Waals surface area contributed by atoms with Gasteiger partial charge < -0.3 is 10.1 Å². The van der Waals surface area contributed by atoms with Crippen molar-refractivity contribution in [1.82, 2.24) is 14.9 Å². The predicted molar refractivity (Wildman–Crippen MR) is 79.7 cm³/mol. The van der Waals surface area contributed by atoms with E-state index in [1.807, 2.05) is 36.6 Å². The second-order valence-corrected chi connectivity index (χ2v) is 4.83. The van der Waals surface area contributed by atoms with E-state index in [4.69, 9.17) is 0 Å². The first-order chi connectivity index (χ1) is 10.2. The number of nitrogens with zero attached hydrogens (tertiary/aromatic N) is 2. The number of carbonyl (C=O) groups excluding carboxylic acids is 2. The van der Waals surface area contributed by atoms with Gasteiger partial charge in [-0.3, -0.25) is 14.2 Å². The minimum Gasteiger partial charge on any atom is -0.468 e. The molecule has 1 heterocycles. The lowest BCUT2D eigenvalue weighted by molar-refractivity contribution is -0.139. The fourth-order valence-corrected chi connectivity index (χ4v) is 2.33. The molecule has 1 N–H and O–H groups in total. The van der Waals surface area contributed by atoms with Gasteiger partial charge in [0.1, 0.15) is 12.2 Å². The van der Waals surface area contributed by atoms with Crippen LogP contribution in [-0.2, 0) is 9.53 Å². The summed E-state index contributed by atoms with van der Waals surface area (Å²) in [4.78, 5) is 27.5. The average molecular weight is 305 g/mol. The van der Waals surface area contributed by atoms with Gasteiger partial charge in [0.2, 0.25) is 0 Å². The summed E-state index contributed by atoms with van der Waals surface area (Å²) in [6, 6.07) is 9.44. The van der Waals surface area contributed by atoms with Crippen molar-refractivity contribution in [3.63, 3.8) is 0 Å². The Labute approximate surface area is 126 Å². The lowest BCUT2D eigenvalue weighted by Crippen LogP contribution is -2.31. The Morgan fingerprint density at radius 2 is 2.05 bits per heavy atom. The van der Waals surface area contributed by atoms with E-state index in [1.165, 1.54) is 25.1 Å². The van der Waals surface area contributed by atoms with Crippen LogP contribution in [0.2, 0.25) is 0 Å². The number of para-hydroxylation sites is 1. The first-order valence-electron chi connectivity index (χ1n) is 6.19. The molecule has 0 spiro atoms. The number of methoxy groups -OCH3 is 1. The number of rotatable bonds is 5. The maximum atomic E-state index is 12.2. The molecule has 0 unspecified atom stereocenters. The number of amides is 1. The third-order valence-electron chi connectivity index (χ3n) is 2.78. The largest absolute Gasteiger partial charge is 0.468 e. The van der Waals surface area contributed by atoms with E-state index in [0.29, 0.717) is 10.9 Å². The average Bonchev–Trinajstić information content (AvgIpc) is 2.97. The molecule has 0 saturated heterocycles. The SMILES string of the molecule is COC(=O)CNC(=O)c1cnc(SC)n1-c1ccccc1. The predicted octanol–water partition coefficient (Wildman–Crippen LogP) is 1.50. The molecule has 1 amide bonds. The van der Waals surface area contributed by atoms with Crippen molar-refractivity contribution in [1.29, 1.82) is 0 Å². The Balaban J connectivity index is 2.30. The van der Waals surface area contributed by atoms with Gasteiger partial charge in [-0.05, 0) is 18.4 Å². The molecule has 2 aromatic rings. The molecular formula is C14H15N3O3S. The van der Waals surface area contributed by atoms with E-state index >= 15 is 0 Å². The molecule has 0 aliphatic rings. The molecule has 0 aliphatic carbocycles. The number of hydrogen-bond acceptors (Lipinski definition) is 5. The summed E-state index contributed by atoms with van der Waals surface area (Å²) < 4.78 is 6.24.